The van der Waals surface area contributed by atoms with Gasteiger partial charge in [0.1, 0.15) is 5.60 Å². The maximum atomic E-state index is 12.6. The van der Waals surface area contributed by atoms with E-state index in [1.54, 1.807) is 0 Å². The third kappa shape index (κ3) is 5.46. The molecule has 2 fully saturated rings. The molecule has 0 bridgehead atoms. The summed E-state index contributed by atoms with van der Waals surface area (Å²) in [5, 5.41) is 0. The minimum Gasteiger partial charge on any atom is -0.453 e. The predicted molar refractivity (Wildman–Crippen MR) is 124 cm³/mol. The maximum Gasteiger partial charge on any atom is 0.306 e. The summed E-state index contributed by atoms with van der Waals surface area (Å²) in [6.45, 7) is 10.7. The van der Waals surface area contributed by atoms with E-state index < -0.39 is 5.60 Å². The van der Waals surface area contributed by atoms with Crippen LogP contribution in [0.4, 0.5) is 0 Å². The fourth-order valence-corrected chi connectivity index (χ4v) is 5.10. The number of ether oxygens (including phenoxy) is 1. The highest BCUT2D eigenvalue weighted by Crippen LogP contribution is 2.51. The first-order chi connectivity index (χ1) is 12.9. The van der Waals surface area contributed by atoms with E-state index in [-0.39, 0.29) is 36.2 Å². The van der Waals surface area contributed by atoms with E-state index in [0.717, 1.165) is 38.2 Å². The molecule has 3 unspecified atom stereocenters. The average molecular weight is 445 g/mol. The van der Waals surface area contributed by atoms with Gasteiger partial charge in [-0.15, -0.1) is 24.8 Å². The molecule has 6 heteroatoms. The average Bonchev–Trinajstić information content (AvgIpc) is 2.67. The minimum atomic E-state index is -0.579. The molecular weight excluding hydrogens is 407 g/mol. The molecule has 0 aliphatic carbocycles. The third-order valence-corrected chi connectivity index (χ3v) is 6.75. The number of benzene rings is 1. The Bertz CT molecular complexity index is 639. The van der Waals surface area contributed by atoms with Gasteiger partial charge in [-0.1, -0.05) is 50.6 Å². The standard InChI is InChI=1S/C23H36N2O2.2ClH/c1-5-21(26)27-23(20-12-8-6-9-13-20)16-19(2)24(4)17-22(23,3)18-25-14-10-7-11-15-25;;/h6,8-9,12-13,19H,5,7,10-11,14-18H2,1-4H3;2*1H. The molecule has 3 rings (SSSR count). The zero-order valence-electron chi connectivity index (χ0n) is 18.4. The highest BCUT2D eigenvalue weighted by molar-refractivity contribution is 5.85. The van der Waals surface area contributed by atoms with Gasteiger partial charge < -0.3 is 14.5 Å². The van der Waals surface area contributed by atoms with Crippen LogP contribution in [0.1, 0.15) is 58.4 Å². The van der Waals surface area contributed by atoms with Crippen molar-refractivity contribution in [3.8, 4) is 0 Å². The van der Waals surface area contributed by atoms with Crippen LogP contribution >= 0.6 is 24.8 Å². The summed E-state index contributed by atoms with van der Waals surface area (Å²) in [6, 6.07) is 10.8. The smallest absolute Gasteiger partial charge is 0.306 e. The number of esters is 1. The quantitative estimate of drug-likeness (QED) is 0.604. The highest BCUT2D eigenvalue weighted by Gasteiger charge is 2.57. The van der Waals surface area contributed by atoms with Crippen molar-refractivity contribution in [2.75, 3.05) is 33.2 Å². The van der Waals surface area contributed by atoms with Gasteiger partial charge in [0.05, 0.1) is 0 Å². The van der Waals surface area contributed by atoms with Gasteiger partial charge in [0.15, 0.2) is 0 Å². The number of carbonyl (C=O) groups is 1. The van der Waals surface area contributed by atoms with Crippen molar-refractivity contribution in [2.45, 2.75) is 64.5 Å². The molecule has 0 N–H and O–H groups in total. The Labute approximate surface area is 189 Å². The van der Waals surface area contributed by atoms with Crippen LogP contribution in [0, 0.1) is 5.41 Å². The monoisotopic (exact) mass is 444 g/mol. The Balaban J connectivity index is 0.00000210. The molecule has 0 radical (unpaired) electrons. The van der Waals surface area contributed by atoms with Crippen molar-refractivity contribution in [1.82, 2.24) is 9.80 Å². The lowest BCUT2D eigenvalue weighted by Gasteiger charge is -2.57. The fraction of sp³-hybridized carbons (Fsp3) is 0.696. The normalized spacial score (nSPS) is 30.7. The second-order valence-corrected chi connectivity index (χ2v) is 8.89. The Hall–Kier alpha value is -0.810. The molecule has 2 saturated heterocycles. The third-order valence-electron chi connectivity index (χ3n) is 6.75. The molecule has 2 aliphatic rings. The van der Waals surface area contributed by atoms with Crippen molar-refractivity contribution in [2.24, 2.45) is 5.41 Å². The molecule has 1 aromatic rings. The molecular formula is C23H38Cl2N2O2. The van der Waals surface area contributed by atoms with Crippen LogP contribution in [0.3, 0.4) is 0 Å². The van der Waals surface area contributed by atoms with E-state index in [9.17, 15) is 4.79 Å². The number of rotatable bonds is 5. The zero-order chi connectivity index (χ0) is 19.5. The van der Waals surface area contributed by atoms with Crippen molar-refractivity contribution >= 4 is 30.8 Å². The largest absolute Gasteiger partial charge is 0.453 e. The van der Waals surface area contributed by atoms with Gasteiger partial charge in [0.2, 0.25) is 0 Å². The highest BCUT2D eigenvalue weighted by atomic mass is 35.5. The number of carbonyl (C=O) groups excluding carboxylic acids is 1. The first kappa shape index (κ1) is 26.2. The van der Waals surface area contributed by atoms with Crippen LogP contribution in [-0.2, 0) is 15.1 Å². The number of nitrogens with zero attached hydrogens (tertiary/aromatic N) is 2. The first-order valence-electron chi connectivity index (χ1n) is 10.6. The number of likely N-dealkylation sites (tertiary alicyclic amines) is 2. The lowest BCUT2D eigenvalue weighted by Crippen LogP contribution is -2.64. The number of piperidine rings is 2. The fourth-order valence-electron chi connectivity index (χ4n) is 5.10. The SMILES string of the molecule is CCC(=O)OC1(c2ccccc2)CC(C)N(C)CC1(C)CN1CCCCC1.Cl.Cl. The van der Waals surface area contributed by atoms with Gasteiger partial charge in [-0.05, 0) is 45.5 Å². The van der Waals surface area contributed by atoms with Crippen LogP contribution in [-0.4, -0.2) is 55.0 Å². The summed E-state index contributed by atoms with van der Waals surface area (Å²) in [6.07, 6.45) is 5.13. The molecule has 0 saturated carbocycles. The Morgan fingerprint density at radius 3 is 2.34 bits per heavy atom. The lowest BCUT2D eigenvalue weighted by molar-refractivity contribution is -0.202. The number of hydrogen-bond donors (Lipinski definition) is 0. The molecule has 2 heterocycles. The minimum absolute atomic E-state index is 0. The zero-order valence-corrected chi connectivity index (χ0v) is 20.0. The van der Waals surface area contributed by atoms with E-state index in [2.05, 4.69) is 55.0 Å². The maximum absolute atomic E-state index is 12.6. The van der Waals surface area contributed by atoms with Gasteiger partial charge in [0.25, 0.3) is 0 Å². The molecule has 0 aromatic heterocycles. The van der Waals surface area contributed by atoms with Crippen LogP contribution in [0.5, 0.6) is 0 Å². The second kappa shape index (κ2) is 11.0. The van der Waals surface area contributed by atoms with E-state index >= 15 is 0 Å². The van der Waals surface area contributed by atoms with E-state index in [1.165, 1.54) is 19.3 Å². The molecule has 4 nitrogen and oxygen atoms in total. The summed E-state index contributed by atoms with van der Waals surface area (Å²) in [4.78, 5) is 17.6. The lowest BCUT2D eigenvalue weighted by atomic mass is 9.63. The summed E-state index contributed by atoms with van der Waals surface area (Å²) < 4.78 is 6.40. The van der Waals surface area contributed by atoms with Gasteiger partial charge in [-0.2, -0.15) is 0 Å². The van der Waals surface area contributed by atoms with Crippen LogP contribution in [0.25, 0.3) is 0 Å². The molecule has 0 amide bonds. The Morgan fingerprint density at radius 2 is 1.76 bits per heavy atom. The van der Waals surface area contributed by atoms with Crippen molar-refractivity contribution in [3.63, 3.8) is 0 Å². The molecule has 29 heavy (non-hydrogen) atoms. The van der Waals surface area contributed by atoms with Crippen LogP contribution < -0.4 is 0 Å². The Morgan fingerprint density at radius 1 is 1.14 bits per heavy atom. The number of halogens is 2. The van der Waals surface area contributed by atoms with Gasteiger partial charge in [-0.25, -0.2) is 0 Å². The second-order valence-electron chi connectivity index (χ2n) is 8.89. The Kier molecular flexibility index (Phi) is 9.94. The summed E-state index contributed by atoms with van der Waals surface area (Å²) in [5.41, 5.74) is 0.411. The van der Waals surface area contributed by atoms with Crippen LogP contribution in [0.15, 0.2) is 30.3 Å². The van der Waals surface area contributed by atoms with Crippen molar-refractivity contribution < 1.29 is 9.53 Å². The summed E-state index contributed by atoms with van der Waals surface area (Å²) in [7, 11) is 2.20. The van der Waals surface area contributed by atoms with Gasteiger partial charge in [0, 0.05) is 37.4 Å². The predicted octanol–water partition coefficient (Wildman–Crippen LogP) is 4.89. The summed E-state index contributed by atoms with van der Waals surface area (Å²) in [5.74, 6) is -0.0968. The van der Waals surface area contributed by atoms with E-state index in [0.29, 0.717) is 12.5 Å². The molecule has 166 valence electrons. The summed E-state index contributed by atoms with van der Waals surface area (Å²) >= 11 is 0. The topological polar surface area (TPSA) is 32.8 Å². The molecule has 3 atom stereocenters. The first-order valence-corrected chi connectivity index (χ1v) is 10.6. The van der Waals surface area contributed by atoms with Gasteiger partial charge in [-0.3, -0.25) is 4.79 Å². The number of hydrogen-bond acceptors (Lipinski definition) is 4. The van der Waals surface area contributed by atoms with Gasteiger partial charge >= 0.3 is 5.97 Å². The van der Waals surface area contributed by atoms with Crippen molar-refractivity contribution in [1.29, 1.82) is 0 Å². The molecule has 0 spiro atoms. The van der Waals surface area contributed by atoms with E-state index in [4.69, 9.17) is 4.74 Å². The van der Waals surface area contributed by atoms with Crippen LogP contribution in [0.2, 0.25) is 0 Å². The molecule has 2 aliphatic heterocycles. The van der Waals surface area contributed by atoms with Crippen molar-refractivity contribution in [3.05, 3.63) is 35.9 Å². The molecule has 1 aromatic carbocycles. The van der Waals surface area contributed by atoms with E-state index in [1.807, 2.05) is 13.0 Å².